The number of nitrogens with zero attached hydrogens (tertiary/aromatic N) is 1. The van der Waals surface area contributed by atoms with E-state index in [1.807, 2.05) is 27.7 Å². The Hall–Kier alpha value is -0.0400. The van der Waals surface area contributed by atoms with Crippen LogP contribution in [0.5, 0.6) is 0 Å². The zero-order valence-corrected chi connectivity index (χ0v) is 11.1. The van der Waals surface area contributed by atoms with E-state index in [1.54, 1.807) is 0 Å². The van der Waals surface area contributed by atoms with Crippen LogP contribution in [0, 0.1) is 0 Å². The van der Waals surface area contributed by atoms with Crippen molar-refractivity contribution in [3.05, 3.63) is 0 Å². The number of likely N-dealkylation sites (tertiary alicyclic amines) is 1. The standard InChI is InChI=1S/C9H19N.2C2H6/c1-2-3-7-10-8-5-4-6-9-10;2*1-2/h2-9H2,1H3;2*1-2H3. The minimum atomic E-state index is 1.34. The van der Waals surface area contributed by atoms with Crippen LogP contribution in [0.15, 0.2) is 0 Å². The first-order chi connectivity index (χ1) is 6.93. The molecule has 1 heteroatoms. The molecule has 0 spiro atoms. The molecule has 0 N–H and O–H groups in total. The Labute approximate surface area is 91.9 Å². The number of rotatable bonds is 3. The summed E-state index contributed by atoms with van der Waals surface area (Å²) in [7, 11) is 0. The maximum absolute atomic E-state index is 2.60. The minimum Gasteiger partial charge on any atom is -0.303 e. The van der Waals surface area contributed by atoms with Gasteiger partial charge in [-0.2, -0.15) is 0 Å². The number of hydrogen-bond acceptors (Lipinski definition) is 1. The van der Waals surface area contributed by atoms with Crippen molar-refractivity contribution in [3.63, 3.8) is 0 Å². The van der Waals surface area contributed by atoms with Crippen molar-refractivity contribution in [2.45, 2.75) is 66.7 Å². The summed E-state index contributed by atoms with van der Waals surface area (Å²) in [5, 5.41) is 0. The molecule has 0 saturated carbocycles. The lowest BCUT2D eigenvalue weighted by Gasteiger charge is -2.25. The fourth-order valence-electron chi connectivity index (χ4n) is 1.56. The van der Waals surface area contributed by atoms with Crippen LogP contribution >= 0.6 is 0 Å². The molecule has 14 heavy (non-hydrogen) atoms. The summed E-state index contributed by atoms with van der Waals surface area (Å²) >= 11 is 0. The Balaban J connectivity index is 0. The maximum atomic E-state index is 2.60. The molecule has 0 unspecified atom stereocenters. The molecule has 1 saturated heterocycles. The highest BCUT2D eigenvalue weighted by molar-refractivity contribution is 4.63. The quantitative estimate of drug-likeness (QED) is 0.657. The summed E-state index contributed by atoms with van der Waals surface area (Å²) in [6, 6.07) is 0. The van der Waals surface area contributed by atoms with E-state index in [0.29, 0.717) is 0 Å². The van der Waals surface area contributed by atoms with E-state index in [4.69, 9.17) is 0 Å². The molecule has 0 aromatic carbocycles. The first-order valence-corrected chi connectivity index (χ1v) is 6.66. The summed E-state index contributed by atoms with van der Waals surface area (Å²) in [4.78, 5) is 2.60. The van der Waals surface area contributed by atoms with Gasteiger partial charge in [0.2, 0.25) is 0 Å². The minimum absolute atomic E-state index is 1.34. The summed E-state index contributed by atoms with van der Waals surface area (Å²) in [5.74, 6) is 0. The van der Waals surface area contributed by atoms with Gasteiger partial charge in [-0.3, -0.25) is 0 Å². The van der Waals surface area contributed by atoms with Gasteiger partial charge < -0.3 is 4.90 Å². The van der Waals surface area contributed by atoms with E-state index >= 15 is 0 Å². The molecule has 0 amide bonds. The van der Waals surface area contributed by atoms with Crippen LogP contribution in [0.4, 0.5) is 0 Å². The lowest BCUT2D eigenvalue weighted by molar-refractivity contribution is 0.226. The number of hydrogen-bond donors (Lipinski definition) is 0. The van der Waals surface area contributed by atoms with Crippen LogP contribution in [0.2, 0.25) is 0 Å². The normalized spacial score (nSPS) is 16.1. The molecule has 0 atom stereocenters. The molecule has 88 valence electrons. The second-order valence-corrected chi connectivity index (χ2v) is 3.26. The largest absolute Gasteiger partial charge is 0.303 e. The molecule has 1 rings (SSSR count). The Kier molecular flexibility index (Phi) is 18.1. The van der Waals surface area contributed by atoms with Crippen molar-refractivity contribution in [2.75, 3.05) is 19.6 Å². The third-order valence-electron chi connectivity index (χ3n) is 2.28. The SMILES string of the molecule is CC.CC.CCCCN1CCCCC1. The predicted molar refractivity (Wildman–Crippen MR) is 67.9 cm³/mol. The average molecular weight is 201 g/mol. The van der Waals surface area contributed by atoms with E-state index < -0.39 is 0 Å². The molecule has 1 aliphatic rings. The molecule has 0 aliphatic carbocycles. The van der Waals surface area contributed by atoms with E-state index in [1.165, 1.54) is 51.7 Å². The van der Waals surface area contributed by atoms with E-state index in [-0.39, 0.29) is 0 Å². The van der Waals surface area contributed by atoms with Crippen molar-refractivity contribution < 1.29 is 0 Å². The average Bonchev–Trinajstić information content (AvgIpc) is 2.33. The number of piperidine rings is 1. The molecule has 1 nitrogen and oxygen atoms in total. The van der Waals surface area contributed by atoms with Gasteiger partial charge in [-0.25, -0.2) is 0 Å². The van der Waals surface area contributed by atoms with Gasteiger partial charge in [0.15, 0.2) is 0 Å². The second-order valence-electron chi connectivity index (χ2n) is 3.26. The van der Waals surface area contributed by atoms with E-state index in [2.05, 4.69) is 11.8 Å². The van der Waals surface area contributed by atoms with Crippen LogP contribution in [0.1, 0.15) is 66.7 Å². The first-order valence-electron chi connectivity index (χ1n) is 6.66. The second kappa shape index (κ2) is 15.4. The third-order valence-corrected chi connectivity index (χ3v) is 2.28. The lowest BCUT2D eigenvalue weighted by Crippen LogP contribution is -2.30. The van der Waals surface area contributed by atoms with Crippen molar-refractivity contribution in [2.24, 2.45) is 0 Å². The van der Waals surface area contributed by atoms with Gasteiger partial charge in [-0.1, -0.05) is 47.5 Å². The number of unbranched alkanes of at least 4 members (excludes halogenated alkanes) is 1. The molecule has 0 aromatic rings. The van der Waals surface area contributed by atoms with E-state index in [0.717, 1.165) is 0 Å². The van der Waals surface area contributed by atoms with Crippen molar-refractivity contribution in [1.29, 1.82) is 0 Å². The summed E-state index contributed by atoms with van der Waals surface area (Å²) in [5.41, 5.74) is 0. The summed E-state index contributed by atoms with van der Waals surface area (Å²) in [6.07, 6.45) is 7.06. The van der Waals surface area contributed by atoms with Crippen LogP contribution < -0.4 is 0 Å². The zero-order chi connectivity index (χ0) is 11.2. The van der Waals surface area contributed by atoms with Crippen molar-refractivity contribution >= 4 is 0 Å². The topological polar surface area (TPSA) is 3.24 Å². The predicted octanol–water partition coefficient (Wildman–Crippen LogP) is 4.32. The molecule has 1 heterocycles. The Morgan fingerprint density at radius 1 is 0.857 bits per heavy atom. The summed E-state index contributed by atoms with van der Waals surface area (Å²) in [6.45, 7) is 14.3. The van der Waals surface area contributed by atoms with Crippen LogP contribution in [-0.4, -0.2) is 24.5 Å². The van der Waals surface area contributed by atoms with Crippen LogP contribution in [0.3, 0.4) is 0 Å². The third kappa shape index (κ3) is 10.0. The monoisotopic (exact) mass is 201 g/mol. The first kappa shape index (κ1) is 16.4. The molecule has 0 aromatic heterocycles. The highest BCUT2D eigenvalue weighted by atomic mass is 15.1. The van der Waals surface area contributed by atoms with Gasteiger partial charge in [0, 0.05) is 0 Å². The van der Waals surface area contributed by atoms with Gasteiger partial charge in [0.25, 0.3) is 0 Å². The van der Waals surface area contributed by atoms with Crippen LogP contribution in [-0.2, 0) is 0 Å². The molecular formula is C13H31N. The highest BCUT2D eigenvalue weighted by Gasteiger charge is 2.07. The Bertz CT molecular complexity index is 75.3. The molecular weight excluding hydrogens is 170 g/mol. The summed E-state index contributed by atoms with van der Waals surface area (Å²) < 4.78 is 0. The Morgan fingerprint density at radius 2 is 1.36 bits per heavy atom. The molecule has 1 aliphatic heterocycles. The van der Waals surface area contributed by atoms with Gasteiger partial charge in [0.1, 0.15) is 0 Å². The smallest absolute Gasteiger partial charge is 0.00187 e. The van der Waals surface area contributed by atoms with Crippen LogP contribution in [0.25, 0.3) is 0 Å². The van der Waals surface area contributed by atoms with Crippen molar-refractivity contribution in [3.8, 4) is 0 Å². The van der Waals surface area contributed by atoms with Crippen molar-refractivity contribution in [1.82, 2.24) is 4.90 Å². The zero-order valence-electron chi connectivity index (χ0n) is 11.1. The highest BCUT2D eigenvalue weighted by Crippen LogP contribution is 2.08. The van der Waals surface area contributed by atoms with Gasteiger partial charge in [-0.05, 0) is 38.9 Å². The fraction of sp³-hybridized carbons (Fsp3) is 1.00. The molecule has 0 bridgehead atoms. The van der Waals surface area contributed by atoms with Gasteiger partial charge >= 0.3 is 0 Å². The maximum Gasteiger partial charge on any atom is -0.00187 e. The van der Waals surface area contributed by atoms with Gasteiger partial charge in [0.05, 0.1) is 0 Å². The molecule has 1 fully saturated rings. The molecule has 0 radical (unpaired) electrons. The lowest BCUT2D eigenvalue weighted by atomic mass is 10.1. The Morgan fingerprint density at radius 3 is 1.79 bits per heavy atom. The van der Waals surface area contributed by atoms with Gasteiger partial charge in [-0.15, -0.1) is 0 Å². The van der Waals surface area contributed by atoms with E-state index in [9.17, 15) is 0 Å². The fourth-order valence-corrected chi connectivity index (χ4v) is 1.56.